The highest BCUT2D eigenvalue weighted by atomic mass is 16.3. The summed E-state index contributed by atoms with van der Waals surface area (Å²) in [5.74, 6) is 0.529. The van der Waals surface area contributed by atoms with Gasteiger partial charge < -0.3 is 15.1 Å². The summed E-state index contributed by atoms with van der Waals surface area (Å²) in [4.78, 5) is 16.4. The zero-order chi connectivity index (χ0) is 16.2. The first-order valence-corrected chi connectivity index (χ1v) is 8.51. The summed E-state index contributed by atoms with van der Waals surface area (Å²) in [6.07, 6.45) is 1.99. The van der Waals surface area contributed by atoms with E-state index in [0.717, 1.165) is 12.8 Å². The molecule has 1 aromatic rings. The third-order valence-corrected chi connectivity index (χ3v) is 4.95. The summed E-state index contributed by atoms with van der Waals surface area (Å²) in [5.41, 5.74) is 2.74. The zero-order valence-electron chi connectivity index (χ0n) is 13.5. The van der Waals surface area contributed by atoms with Crippen LogP contribution in [0.15, 0.2) is 24.3 Å². The predicted octanol–water partition coefficient (Wildman–Crippen LogP) is 0.289. The Morgan fingerprint density at radius 2 is 1.83 bits per heavy atom. The van der Waals surface area contributed by atoms with Gasteiger partial charge in [-0.05, 0) is 29.9 Å². The van der Waals surface area contributed by atoms with Gasteiger partial charge in [0.05, 0.1) is 12.7 Å². The molecule has 0 aromatic heterocycles. The van der Waals surface area contributed by atoms with Crippen LogP contribution in [0.25, 0.3) is 0 Å². The van der Waals surface area contributed by atoms with Gasteiger partial charge in [0.1, 0.15) is 0 Å². The molecule has 1 aromatic carbocycles. The number of amides is 1. The molecule has 3 rings (SSSR count). The molecule has 5 heteroatoms. The van der Waals surface area contributed by atoms with E-state index < -0.39 is 6.10 Å². The number of carbonyl (C=O) groups excluding carboxylic acids is 1. The van der Waals surface area contributed by atoms with Crippen molar-refractivity contribution in [1.29, 1.82) is 0 Å². The Morgan fingerprint density at radius 1 is 1.13 bits per heavy atom. The van der Waals surface area contributed by atoms with E-state index in [1.54, 1.807) is 4.90 Å². The number of aliphatic hydroxyl groups excluding tert-OH is 2. The molecule has 1 aliphatic heterocycles. The summed E-state index contributed by atoms with van der Waals surface area (Å²) in [7, 11) is 0. The largest absolute Gasteiger partial charge is 0.395 e. The molecular weight excluding hydrogens is 292 g/mol. The number of aliphatic hydroxyl groups is 2. The van der Waals surface area contributed by atoms with E-state index in [9.17, 15) is 9.90 Å². The van der Waals surface area contributed by atoms with Gasteiger partial charge in [0.15, 0.2) is 0 Å². The fourth-order valence-electron chi connectivity index (χ4n) is 3.80. The quantitative estimate of drug-likeness (QED) is 0.837. The standard InChI is InChI=1S/C18H26N2O3/c21-8-7-19-5-6-20(13-17(22)12-19)18(23)11-14-9-15-3-1-2-4-16(15)10-14/h1-4,14,17,21-22H,5-13H2/t17-/m0/s1. The first kappa shape index (κ1) is 16.4. The molecule has 1 fully saturated rings. The molecule has 126 valence electrons. The van der Waals surface area contributed by atoms with E-state index in [1.807, 2.05) is 4.90 Å². The van der Waals surface area contributed by atoms with Crippen LogP contribution in [0, 0.1) is 5.92 Å². The minimum absolute atomic E-state index is 0.0843. The SMILES string of the molecule is O=C(CC1Cc2ccccc2C1)N1CCN(CCO)C[C@H](O)C1. The Kier molecular flexibility index (Phi) is 5.30. The zero-order valence-corrected chi connectivity index (χ0v) is 13.5. The molecule has 23 heavy (non-hydrogen) atoms. The summed E-state index contributed by atoms with van der Waals surface area (Å²) in [5, 5.41) is 19.1. The van der Waals surface area contributed by atoms with Crippen molar-refractivity contribution in [1.82, 2.24) is 9.80 Å². The molecule has 1 aliphatic carbocycles. The lowest BCUT2D eigenvalue weighted by atomic mass is 10.0. The lowest BCUT2D eigenvalue weighted by Gasteiger charge is -2.23. The van der Waals surface area contributed by atoms with Crippen molar-refractivity contribution in [3.8, 4) is 0 Å². The van der Waals surface area contributed by atoms with Crippen LogP contribution in [0.5, 0.6) is 0 Å². The highest BCUT2D eigenvalue weighted by Crippen LogP contribution is 2.29. The normalized spacial score (nSPS) is 22.9. The summed E-state index contributed by atoms with van der Waals surface area (Å²) in [6.45, 7) is 2.92. The molecule has 5 nitrogen and oxygen atoms in total. The maximum atomic E-state index is 12.6. The van der Waals surface area contributed by atoms with Crippen LogP contribution in [0.1, 0.15) is 17.5 Å². The molecule has 2 aliphatic rings. The number of rotatable bonds is 4. The third kappa shape index (κ3) is 4.10. The van der Waals surface area contributed by atoms with Crippen molar-refractivity contribution in [2.75, 3.05) is 39.3 Å². The molecular formula is C18H26N2O3. The van der Waals surface area contributed by atoms with Gasteiger partial charge in [-0.25, -0.2) is 0 Å². The van der Waals surface area contributed by atoms with Gasteiger partial charge in [-0.1, -0.05) is 24.3 Å². The lowest BCUT2D eigenvalue weighted by molar-refractivity contribution is -0.133. The molecule has 2 N–H and O–H groups in total. The fraction of sp³-hybridized carbons (Fsp3) is 0.611. The Morgan fingerprint density at radius 3 is 2.48 bits per heavy atom. The summed E-state index contributed by atoms with van der Waals surface area (Å²) >= 11 is 0. The van der Waals surface area contributed by atoms with Gasteiger partial charge in [-0.3, -0.25) is 9.69 Å². The highest BCUT2D eigenvalue weighted by Gasteiger charge is 2.28. The van der Waals surface area contributed by atoms with Crippen molar-refractivity contribution >= 4 is 5.91 Å². The second kappa shape index (κ2) is 7.43. The Labute approximate surface area is 137 Å². The number of fused-ring (bicyclic) bond motifs is 1. The van der Waals surface area contributed by atoms with Gasteiger partial charge >= 0.3 is 0 Å². The number of hydrogen-bond acceptors (Lipinski definition) is 4. The second-order valence-corrected chi connectivity index (χ2v) is 6.76. The third-order valence-electron chi connectivity index (χ3n) is 4.95. The van der Waals surface area contributed by atoms with E-state index in [1.165, 1.54) is 11.1 Å². The van der Waals surface area contributed by atoms with Crippen LogP contribution in [0.2, 0.25) is 0 Å². The van der Waals surface area contributed by atoms with Crippen molar-refractivity contribution < 1.29 is 15.0 Å². The number of β-amino-alcohol motifs (C(OH)–C–C–N with tert-alkyl or cyclic N) is 2. The van der Waals surface area contributed by atoms with Gasteiger partial charge in [-0.2, -0.15) is 0 Å². The second-order valence-electron chi connectivity index (χ2n) is 6.76. The van der Waals surface area contributed by atoms with Crippen molar-refractivity contribution in [2.45, 2.75) is 25.4 Å². The molecule has 1 amide bonds. The first-order valence-electron chi connectivity index (χ1n) is 8.51. The maximum Gasteiger partial charge on any atom is 0.223 e. The lowest BCUT2D eigenvalue weighted by Crippen LogP contribution is -2.38. The molecule has 1 saturated heterocycles. The van der Waals surface area contributed by atoms with E-state index in [-0.39, 0.29) is 12.5 Å². The van der Waals surface area contributed by atoms with Gasteiger partial charge in [-0.15, -0.1) is 0 Å². The average Bonchev–Trinajstić information content (AvgIpc) is 2.83. The number of carbonyl (C=O) groups is 1. The first-order chi connectivity index (χ1) is 11.2. The molecule has 1 atom stereocenters. The topological polar surface area (TPSA) is 64.0 Å². The van der Waals surface area contributed by atoms with Crippen LogP contribution in [0.4, 0.5) is 0 Å². The van der Waals surface area contributed by atoms with E-state index >= 15 is 0 Å². The van der Waals surface area contributed by atoms with Gasteiger partial charge in [0, 0.05) is 39.1 Å². The van der Waals surface area contributed by atoms with Crippen LogP contribution < -0.4 is 0 Å². The predicted molar refractivity (Wildman–Crippen MR) is 88.1 cm³/mol. The van der Waals surface area contributed by atoms with E-state index in [4.69, 9.17) is 5.11 Å². The molecule has 0 bridgehead atoms. The van der Waals surface area contributed by atoms with Crippen LogP contribution in [0.3, 0.4) is 0 Å². The maximum absolute atomic E-state index is 12.6. The van der Waals surface area contributed by atoms with E-state index in [2.05, 4.69) is 24.3 Å². The van der Waals surface area contributed by atoms with Crippen LogP contribution >= 0.6 is 0 Å². The smallest absolute Gasteiger partial charge is 0.223 e. The average molecular weight is 318 g/mol. The fourth-order valence-corrected chi connectivity index (χ4v) is 3.80. The van der Waals surface area contributed by atoms with Crippen molar-refractivity contribution in [3.05, 3.63) is 35.4 Å². The summed E-state index contributed by atoms with van der Waals surface area (Å²) in [6, 6.07) is 8.43. The number of hydrogen-bond donors (Lipinski definition) is 2. The molecule has 1 heterocycles. The van der Waals surface area contributed by atoms with Crippen LogP contribution in [-0.2, 0) is 17.6 Å². The van der Waals surface area contributed by atoms with Crippen molar-refractivity contribution in [3.63, 3.8) is 0 Å². The number of benzene rings is 1. The van der Waals surface area contributed by atoms with Crippen molar-refractivity contribution in [2.24, 2.45) is 5.92 Å². The minimum atomic E-state index is -0.534. The van der Waals surface area contributed by atoms with Gasteiger partial charge in [0.2, 0.25) is 5.91 Å². The Balaban J connectivity index is 1.54. The number of nitrogens with zero attached hydrogens (tertiary/aromatic N) is 2. The Hall–Kier alpha value is -1.43. The van der Waals surface area contributed by atoms with Gasteiger partial charge in [0.25, 0.3) is 0 Å². The molecule has 0 saturated carbocycles. The van der Waals surface area contributed by atoms with E-state index in [0.29, 0.717) is 45.1 Å². The Bertz CT molecular complexity index is 524. The molecule has 0 unspecified atom stereocenters. The van der Waals surface area contributed by atoms with Crippen LogP contribution in [-0.4, -0.2) is 71.4 Å². The summed E-state index contributed by atoms with van der Waals surface area (Å²) < 4.78 is 0. The monoisotopic (exact) mass is 318 g/mol. The minimum Gasteiger partial charge on any atom is -0.395 e. The molecule has 0 spiro atoms. The molecule has 0 radical (unpaired) electrons. The highest BCUT2D eigenvalue weighted by molar-refractivity contribution is 5.76.